The van der Waals surface area contributed by atoms with Gasteiger partial charge in [-0.25, -0.2) is 0 Å². The van der Waals surface area contributed by atoms with Gasteiger partial charge in [-0.1, -0.05) is 0 Å². The fourth-order valence-electron chi connectivity index (χ4n) is 8.10. The van der Waals surface area contributed by atoms with Crippen molar-refractivity contribution in [3.8, 4) is 0 Å². The molecule has 7 aliphatic heterocycles. The first-order valence-corrected chi connectivity index (χ1v) is 23.6. The van der Waals surface area contributed by atoms with Crippen molar-refractivity contribution in [2.24, 2.45) is 5.73 Å². The second kappa shape index (κ2) is 30.2. The number of hydrogen-bond acceptors (Lipinski definition) is 35. The predicted octanol–water partition coefficient (Wildman–Crippen LogP) is -8.91. The molecule has 3 fully saturated rings. The molecular formula is C42H71NO34. The lowest BCUT2D eigenvalue weighted by molar-refractivity contribution is -0.332. The Hall–Kier alpha value is -3.72. The second-order valence-corrected chi connectivity index (χ2v) is 17.5. The van der Waals surface area contributed by atoms with Crippen LogP contribution in [0.25, 0.3) is 0 Å². The van der Waals surface area contributed by atoms with Crippen molar-refractivity contribution >= 4 is 0 Å². The van der Waals surface area contributed by atoms with Gasteiger partial charge >= 0.3 is 0 Å². The topological polar surface area (TPSA) is 604 Å². The lowest BCUT2D eigenvalue weighted by Crippen LogP contribution is -2.62. The summed E-state index contributed by atoms with van der Waals surface area (Å²) in [6, 6.07) is 0. The van der Waals surface area contributed by atoms with Crippen LogP contribution in [0, 0.1) is 0 Å². The highest BCUT2D eigenvalue weighted by molar-refractivity contribution is 5.13. The Bertz CT molecular complexity index is 1940. The Morgan fingerprint density at radius 3 is 0.766 bits per heavy atom. The van der Waals surface area contributed by atoms with E-state index in [9.17, 15) is 123 Å². The average molecular weight is 1130 g/mol. The van der Waals surface area contributed by atoms with E-state index < -0.39 is 260 Å². The van der Waals surface area contributed by atoms with E-state index in [1.54, 1.807) is 0 Å². The van der Waals surface area contributed by atoms with Gasteiger partial charge in [0.25, 0.3) is 0 Å². The summed E-state index contributed by atoms with van der Waals surface area (Å²) in [7, 11) is 0. The van der Waals surface area contributed by atoms with Crippen molar-refractivity contribution in [2.45, 2.75) is 167 Å². The fourth-order valence-corrected chi connectivity index (χ4v) is 8.10. The van der Waals surface area contributed by atoms with Crippen molar-refractivity contribution in [2.75, 3.05) is 46.2 Å². The van der Waals surface area contributed by atoms with Crippen molar-refractivity contribution in [3.05, 3.63) is 46.1 Å². The molecule has 35 nitrogen and oxygen atoms in total. The number of rotatable bonds is 11. The maximum absolute atomic E-state index is 11.1. The third-order valence-corrected chi connectivity index (χ3v) is 12.3. The molecule has 0 aromatic heterocycles. The summed E-state index contributed by atoms with van der Waals surface area (Å²) in [4.78, 5) is 0. The maximum Gasteiger partial charge on any atom is 0.218 e. The number of aliphatic hydroxyl groups excluding tert-OH is 24. The summed E-state index contributed by atoms with van der Waals surface area (Å²) >= 11 is 0. The SMILES string of the molecule is NCC1OC2OC(CCO)/C(O)=C(/O)C(O)OC(CCO)/C(O)=C(/O)C(O)OC3C(CO)OC(OC(CCO)/C(O)=C(\O)C(O)OC4C(CO)OC(OC(CCO)/C(O)=C(\O)C(O)OC1C(O)C2O)C(O)C4O)C(O)C3O. The molecule has 0 spiro atoms. The first-order valence-electron chi connectivity index (χ1n) is 23.6. The first kappa shape index (κ1) is 65.8. The van der Waals surface area contributed by atoms with Gasteiger partial charge in [-0.2, -0.15) is 0 Å². The zero-order valence-electron chi connectivity index (χ0n) is 40.5. The lowest BCUT2D eigenvalue weighted by atomic mass is 9.98. The summed E-state index contributed by atoms with van der Waals surface area (Å²) < 4.78 is 53.7. The monoisotopic (exact) mass is 1130 g/mol. The number of aliphatic hydroxyl groups is 24. The zero-order valence-corrected chi connectivity index (χ0v) is 40.5. The predicted molar refractivity (Wildman–Crippen MR) is 239 cm³/mol. The zero-order chi connectivity index (χ0) is 57.7. The summed E-state index contributed by atoms with van der Waals surface area (Å²) in [6.07, 6.45) is -54.0. The van der Waals surface area contributed by atoms with Crippen LogP contribution in [-0.2, 0) is 47.4 Å². The van der Waals surface area contributed by atoms with E-state index in [4.69, 9.17) is 53.1 Å². The molecular weight excluding hydrogens is 1060 g/mol. The van der Waals surface area contributed by atoms with Crippen LogP contribution in [0.1, 0.15) is 25.7 Å². The van der Waals surface area contributed by atoms with Crippen LogP contribution >= 0.6 is 0 Å². The quantitative estimate of drug-likeness (QED) is 0.0913. The molecule has 0 aromatic carbocycles. The van der Waals surface area contributed by atoms with Gasteiger partial charge in [-0.05, 0) is 0 Å². The molecule has 0 amide bonds. The van der Waals surface area contributed by atoms with Gasteiger partial charge in [0.05, 0.1) is 13.2 Å². The third kappa shape index (κ3) is 15.8. The van der Waals surface area contributed by atoms with Crippen LogP contribution < -0.4 is 5.73 Å². The molecule has 3 saturated heterocycles. The van der Waals surface area contributed by atoms with E-state index >= 15 is 0 Å². The summed E-state index contributed by atoms with van der Waals surface area (Å²) in [6.45, 7) is -6.59. The van der Waals surface area contributed by atoms with Crippen LogP contribution in [0.15, 0.2) is 46.1 Å². The van der Waals surface area contributed by atoms with Crippen molar-refractivity contribution in [1.29, 1.82) is 0 Å². The molecule has 35 heteroatoms. The van der Waals surface area contributed by atoms with E-state index in [1.807, 2.05) is 0 Å². The molecule has 7 heterocycles. The number of nitrogens with two attached hydrogens (primary N) is 1. The first-order chi connectivity index (χ1) is 36.4. The fraction of sp³-hybridized carbons (Fsp3) is 0.810. The molecule has 0 radical (unpaired) electrons. The molecule has 23 atom stereocenters. The molecule has 23 unspecified atom stereocenters. The molecule has 26 N–H and O–H groups in total. The Morgan fingerprint density at radius 1 is 0.286 bits per heavy atom. The normalized spacial score (nSPS) is 45.4. The largest absolute Gasteiger partial charge is 0.506 e. The Morgan fingerprint density at radius 2 is 0.519 bits per heavy atom. The molecule has 7 rings (SSSR count). The molecule has 6 bridgehead atoms. The molecule has 0 saturated carbocycles. The number of ether oxygens (including phenoxy) is 10. The van der Waals surface area contributed by atoms with Gasteiger partial charge in [0.1, 0.15) is 97.7 Å². The van der Waals surface area contributed by atoms with Gasteiger partial charge in [0, 0.05) is 58.7 Å². The van der Waals surface area contributed by atoms with E-state index in [1.165, 1.54) is 0 Å². The number of hydrogen-bond donors (Lipinski definition) is 25. The van der Waals surface area contributed by atoms with Crippen LogP contribution in [0.2, 0.25) is 0 Å². The second-order valence-electron chi connectivity index (χ2n) is 17.5. The lowest BCUT2D eigenvalue weighted by Gasteiger charge is -2.43. The van der Waals surface area contributed by atoms with Crippen LogP contribution in [0.5, 0.6) is 0 Å². The Labute approximate surface area is 434 Å². The van der Waals surface area contributed by atoms with Gasteiger partial charge in [-0.3, -0.25) is 0 Å². The van der Waals surface area contributed by atoms with Gasteiger partial charge in [-0.15, -0.1) is 0 Å². The highest BCUT2D eigenvalue weighted by Crippen LogP contribution is 2.34. The minimum atomic E-state index is -2.78. The van der Waals surface area contributed by atoms with E-state index in [0.717, 1.165) is 0 Å². The van der Waals surface area contributed by atoms with Gasteiger partial charge in [0.15, 0.2) is 64.9 Å². The molecule has 7 aliphatic rings. The smallest absolute Gasteiger partial charge is 0.218 e. The van der Waals surface area contributed by atoms with E-state index in [2.05, 4.69) is 0 Å². The van der Waals surface area contributed by atoms with Crippen molar-refractivity contribution < 1.29 is 170 Å². The highest BCUT2D eigenvalue weighted by Gasteiger charge is 2.52. The Kier molecular flexibility index (Phi) is 25.8. The van der Waals surface area contributed by atoms with Crippen molar-refractivity contribution in [3.63, 3.8) is 0 Å². The number of fused-ring (bicyclic) bond motifs is 2. The van der Waals surface area contributed by atoms with Crippen molar-refractivity contribution in [1.82, 2.24) is 0 Å². The molecule has 0 aliphatic carbocycles. The highest BCUT2D eigenvalue weighted by atomic mass is 16.7. The average Bonchev–Trinajstić information content (AvgIpc) is 3.41. The minimum absolute atomic E-state index is 0.671. The molecule has 448 valence electrons. The minimum Gasteiger partial charge on any atom is -0.506 e. The summed E-state index contributed by atoms with van der Waals surface area (Å²) in [5, 5.41) is 256. The standard InChI is InChI=1S/C42H71NO34/c43-9-16-33-23(54)30(61)40(72-16)69-13(2-6-45)20(51)26(57)36(64)68-12(1-5-44)19(50)27(58)38(66)76-34-17(10-48)73-42(31(62)24(34)55)71-15(4-8-47)22(53)29(60)39(67)77-35-18(11-49)74-41(32(63)25(35)56)70-14(3-7-46)21(52)28(59)37(65)75-33/h12-18,23-25,30-42,44-67H,1-11,43H2/b26-20-,27-19-,28-21+,29-22+. The van der Waals surface area contributed by atoms with Crippen LogP contribution in [-0.4, -0.2) is 310 Å². The van der Waals surface area contributed by atoms with Gasteiger partial charge < -0.3 is 176 Å². The van der Waals surface area contributed by atoms with Crippen LogP contribution in [0.3, 0.4) is 0 Å². The molecule has 77 heavy (non-hydrogen) atoms. The van der Waals surface area contributed by atoms with E-state index in [-0.39, 0.29) is 0 Å². The van der Waals surface area contributed by atoms with E-state index in [0.29, 0.717) is 0 Å². The van der Waals surface area contributed by atoms with Gasteiger partial charge in [0.2, 0.25) is 25.2 Å². The third-order valence-electron chi connectivity index (χ3n) is 12.3. The Balaban J connectivity index is 1.79. The maximum atomic E-state index is 11.1. The summed E-state index contributed by atoms with van der Waals surface area (Å²) in [5.74, 6) is -11.9. The molecule has 0 aromatic rings. The van der Waals surface area contributed by atoms with Crippen LogP contribution in [0.4, 0.5) is 0 Å². The summed E-state index contributed by atoms with van der Waals surface area (Å²) in [5.41, 5.74) is 5.79.